The lowest BCUT2D eigenvalue weighted by molar-refractivity contribution is -0.125. The number of allylic oxidation sites excluding steroid dienone is 3. The molecule has 2 amide bonds. The molecule has 1 heterocycles. The summed E-state index contributed by atoms with van der Waals surface area (Å²) in [5, 5.41) is 14.5. The number of hydrogen-bond acceptors (Lipinski definition) is 7. The van der Waals surface area contributed by atoms with Crippen molar-refractivity contribution in [1.29, 1.82) is 0 Å². The van der Waals surface area contributed by atoms with Crippen molar-refractivity contribution in [3.8, 4) is 0 Å². The normalized spacial score (nSPS) is 19.7. The third kappa shape index (κ3) is 6.86. The summed E-state index contributed by atoms with van der Waals surface area (Å²) in [5.41, 5.74) is 8.17. The van der Waals surface area contributed by atoms with Crippen LogP contribution in [-0.4, -0.2) is 54.8 Å². The molecule has 1 fully saturated rings. The van der Waals surface area contributed by atoms with Gasteiger partial charge in [0.05, 0.1) is 42.1 Å². The molecule has 2 atom stereocenters. The van der Waals surface area contributed by atoms with Crippen molar-refractivity contribution in [2.45, 2.75) is 44.9 Å². The van der Waals surface area contributed by atoms with Crippen molar-refractivity contribution in [3.05, 3.63) is 59.7 Å². The molecule has 0 saturated heterocycles. The molecule has 0 spiro atoms. The maximum absolute atomic E-state index is 12.8. The number of hydrogen-bond donors (Lipinski definition) is 3. The highest BCUT2D eigenvalue weighted by molar-refractivity contribution is 6.20. The van der Waals surface area contributed by atoms with E-state index in [9.17, 15) is 9.59 Å². The molecular weight excluding hydrogens is 446 g/mol. The van der Waals surface area contributed by atoms with E-state index in [2.05, 4.69) is 20.8 Å². The zero-order chi connectivity index (χ0) is 24.8. The average molecular weight is 480 g/mol. The van der Waals surface area contributed by atoms with Gasteiger partial charge >= 0.3 is 6.09 Å². The first-order valence-electron chi connectivity index (χ1n) is 12.0. The monoisotopic (exact) mass is 479 g/mol. The number of carbonyl (C=O) groups excluding carboxylic acids is 2. The summed E-state index contributed by atoms with van der Waals surface area (Å²) in [5.74, 6) is -0.0731. The molecule has 1 aromatic carbocycles. The van der Waals surface area contributed by atoms with Gasteiger partial charge in [-0.2, -0.15) is 10.2 Å². The molecule has 0 radical (unpaired) electrons. The summed E-state index contributed by atoms with van der Waals surface area (Å²) >= 11 is 0. The van der Waals surface area contributed by atoms with E-state index in [4.69, 9.17) is 15.2 Å². The Morgan fingerprint density at radius 2 is 1.94 bits per heavy atom. The van der Waals surface area contributed by atoms with E-state index >= 15 is 0 Å². The molecule has 9 heteroatoms. The quantitative estimate of drug-likeness (QED) is 0.449. The molecule has 1 saturated carbocycles. The van der Waals surface area contributed by atoms with Crippen molar-refractivity contribution in [2.75, 3.05) is 19.8 Å². The van der Waals surface area contributed by atoms with Crippen LogP contribution in [0.25, 0.3) is 0 Å². The molecular formula is C26H33N5O4. The van der Waals surface area contributed by atoms with Crippen molar-refractivity contribution in [1.82, 2.24) is 10.6 Å². The van der Waals surface area contributed by atoms with Crippen LogP contribution in [0.15, 0.2) is 64.3 Å². The lowest BCUT2D eigenvalue weighted by Gasteiger charge is -2.28. The molecule has 1 aromatic rings. The maximum Gasteiger partial charge on any atom is 0.407 e. The summed E-state index contributed by atoms with van der Waals surface area (Å²) in [7, 11) is 0. The van der Waals surface area contributed by atoms with Crippen LogP contribution in [-0.2, 0) is 20.9 Å². The highest BCUT2D eigenvalue weighted by atomic mass is 16.5. The fourth-order valence-electron chi connectivity index (χ4n) is 3.82. The second kappa shape index (κ2) is 11.0. The maximum atomic E-state index is 12.8. The van der Waals surface area contributed by atoms with E-state index in [0.29, 0.717) is 24.8 Å². The molecule has 4 rings (SSSR count). The summed E-state index contributed by atoms with van der Waals surface area (Å²) in [6.07, 6.45) is 7.48. The van der Waals surface area contributed by atoms with Gasteiger partial charge in [-0.3, -0.25) is 4.79 Å². The molecule has 0 aromatic heterocycles. The van der Waals surface area contributed by atoms with Crippen molar-refractivity contribution in [3.63, 3.8) is 0 Å². The van der Waals surface area contributed by atoms with Crippen LogP contribution in [0.3, 0.4) is 0 Å². The summed E-state index contributed by atoms with van der Waals surface area (Å²) < 4.78 is 11.4. The Kier molecular flexibility index (Phi) is 7.77. The molecule has 1 aliphatic heterocycles. The second-order valence-electron chi connectivity index (χ2n) is 9.73. The van der Waals surface area contributed by atoms with Gasteiger partial charge in [0.1, 0.15) is 6.61 Å². The van der Waals surface area contributed by atoms with Crippen LogP contribution in [0.1, 0.15) is 32.3 Å². The van der Waals surface area contributed by atoms with E-state index in [1.54, 1.807) is 13.8 Å². The molecule has 3 aliphatic rings. The third-order valence-corrected chi connectivity index (χ3v) is 6.07. The van der Waals surface area contributed by atoms with E-state index in [0.717, 1.165) is 29.7 Å². The van der Waals surface area contributed by atoms with E-state index in [1.807, 2.05) is 48.6 Å². The number of benzene rings is 1. The molecule has 2 aliphatic carbocycles. The van der Waals surface area contributed by atoms with Crippen molar-refractivity contribution >= 4 is 23.4 Å². The van der Waals surface area contributed by atoms with Crippen molar-refractivity contribution < 1.29 is 19.1 Å². The number of nitrogens with one attached hydrogen (secondary N) is 2. The fourth-order valence-corrected chi connectivity index (χ4v) is 3.82. The molecule has 1 unspecified atom stereocenters. The van der Waals surface area contributed by atoms with Crippen LogP contribution >= 0.6 is 0 Å². The summed E-state index contributed by atoms with van der Waals surface area (Å²) in [6.45, 7) is 4.60. The van der Waals surface area contributed by atoms with E-state index in [1.165, 1.54) is 0 Å². The summed E-state index contributed by atoms with van der Waals surface area (Å²) in [4.78, 5) is 24.9. The minimum absolute atomic E-state index is 0.0947. The number of alkyl carbamates (subject to hydrolysis) is 1. The molecule has 9 nitrogen and oxygen atoms in total. The Labute approximate surface area is 205 Å². The van der Waals surface area contributed by atoms with Gasteiger partial charge in [0.2, 0.25) is 5.91 Å². The van der Waals surface area contributed by atoms with Crippen molar-refractivity contribution in [2.24, 2.45) is 27.8 Å². The largest absolute Gasteiger partial charge is 0.445 e. The third-order valence-electron chi connectivity index (χ3n) is 6.07. The second-order valence-corrected chi connectivity index (χ2v) is 9.73. The minimum atomic E-state index is -1.07. The topological polar surface area (TPSA) is 127 Å². The first-order chi connectivity index (χ1) is 16.8. The van der Waals surface area contributed by atoms with Crippen LogP contribution < -0.4 is 16.4 Å². The van der Waals surface area contributed by atoms with Gasteiger partial charge < -0.3 is 25.8 Å². The van der Waals surface area contributed by atoms with Gasteiger partial charge in [-0.25, -0.2) is 4.79 Å². The molecule has 4 N–H and O–H groups in total. The van der Waals surface area contributed by atoms with Crippen LogP contribution in [0, 0.1) is 11.8 Å². The number of nitrogens with zero attached hydrogens (tertiary/aromatic N) is 2. The van der Waals surface area contributed by atoms with Crippen LogP contribution in [0.5, 0.6) is 0 Å². The highest BCUT2D eigenvalue weighted by Gasteiger charge is 2.38. The van der Waals surface area contributed by atoms with Gasteiger partial charge in [0, 0.05) is 6.54 Å². The van der Waals surface area contributed by atoms with Gasteiger partial charge in [0.15, 0.2) is 0 Å². The Bertz CT molecular complexity index is 1050. The molecule has 35 heavy (non-hydrogen) atoms. The van der Waals surface area contributed by atoms with Gasteiger partial charge in [0.25, 0.3) is 0 Å². The first kappa shape index (κ1) is 24.8. The molecule has 0 bridgehead atoms. The Morgan fingerprint density at radius 3 is 2.66 bits per heavy atom. The lowest BCUT2D eigenvalue weighted by atomic mass is 9.83. The number of nitrogens with two attached hydrogens (primary N) is 1. The Balaban J connectivity index is 1.43. The summed E-state index contributed by atoms with van der Waals surface area (Å²) in [6, 6.07) is 9.23. The standard InChI is InChI=1S/C26H33N5O4/c1-26(2,27)24(32)29-21(16-34-14-18-7-4-3-5-8-18)23-22-19(9-6-10-20(22)30-31-23)15-35-25(33)28-13-17-11-12-17/h3-10,17,21-22H,11-16,27H2,1-2H3,(H,28,33)(H,29,32)/t21-,22?/m1/s1. The lowest BCUT2D eigenvalue weighted by Crippen LogP contribution is -2.56. The zero-order valence-electron chi connectivity index (χ0n) is 20.2. The minimum Gasteiger partial charge on any atom is -0.445 e. The first-order valence-corrected chi connectivity index (χ1v) is 12.0. The van der Waals surface area contributed by atoms with Gasteiger partial charge in [-0.1, -0.05) is 42.5 Å². The fraction of sp³-hybridized carbons (Fsp3) is 0.462. The van der Waals surface area contributed by atoms with E-state index in [-0.39, 0.29) is 25.0 Å². The van der Waals surface area contributed by atoms with Gasteiger partial charge in [-0.15, -0.1) is 0 Å². The van der Waals surface area contributed by atoms with Gasteiger partial charge in [-0.05, 0) is 49.8 Å². The highest BCUT2D eigenvalue weighted by Crippen LogP contribution is 2.28. The number of ether oxygens (including phenoxy) is 2. The van der Waals surface area contributed by atoms with Crippen LogP contribution in [0.2, 0.25) is 0 Å². The number of fused-ring (bicyclic) bond motifs is 1. The number of rotatable bonds is 11. The molecule has 186 valence electrons. The predicted octanol–water partition coefficient (Wildman–Crippen LogP) is 2.48. The number of amides is 2. The zero-order valence-corrected chi connectivity index (χ0v) is 20.2. The Morgan fingerprint density at radius 1 is 1.17 bits per heavy atom. The van der Waals surface area contributed by atoms with E-state index < -0.39 is 17.7 Å². The van der Waals surface area contributed by atoms with Crippen LogP contribution in [0.4, 0.5) is 4.79 Å². The number of carbonyl (C=O) groups is 2. The average Bonchev–Trinajstić information content (AvgIpc) is 3.57. The smallest absolute Gasteiger partial charge is 0.407 e. The SMILES string of the molecule is CC(C)(N)C(=O)N[C@H](COCc1ccccc1)C1=NN=C2C=CC=C(COC(=O)NCC3CC3)C21. The predicted molar refractivity (Wildman–Crippen MR) is 134 cm³/mol. The Hall–Kier alpha value is -3.30.